The van der Waals surface area contributed by atoms with E-state index in [1.54, 1.807) is 17.5 Å². The number of anilines is 1. The molecule has 5 aliphatic rings. The zero-order valence-electron chi connectivity index (χ0n) is 31.7. The van der Waals surface area contributed by atoms with Gasteiger partial charge in [-0.1, -0.05) is 49.3 Å². The predicted octanol–water partition coefficient (Wildman–Crippen LogP) is 5.87. The minimum atomic E-state index is -4.50. The molecule has 5 atom stereocenters. The van der Waals surface area contributed by atoms with Gasteiger partial charge in [-0.25, -0.2) is 22.6 Å². The lowest BCUT2D eigenvalue weighted by atomic mass is 10.1. The second-order valence-electron chi connectivity index (χ2n) is 15.8. The Kier molecular flexibility index (Phi) is 10.9. The van der Waals surface area contributed by atoms with Crippen molar-refractivity contribution in [3.63, 3.8) is 0 Å². The molecule has 0 radical (unpaired) electrons. The molecule has 2 saturated carbocycles. The van der Waals surface area contributed by atoms with Crippen molar-refractivity contribution in [3.8, 4) is 11.3 Å². The van der Waals surface area contributed by atoms with Gasteiger partial charge in [-0.2, -0.15) is 13.2 Å². The Bertz CT molecular complexity index is 2280. The van der Waals surface area contributed by atoms with Crippen LogP contribution in [0, 0.1) is 11.7 Å². The third-order valence-corrected chi connectivity index (χ3v) is 14.2. The number of fused-ring (bicyclic) bond motifs is 3. The van der Waals surface area contributed by atoms with Crippen LogP contribution in [0.1, 0.15) is 74.5 Å². The maximum atomic E-state index is 14.7. The summed E-state index contributed by atoms with van der Waals surface area (Å²) in [5, 5.41) is 7.27. The summed E-state index contributed by atoms with van der Waals surface area (Å²) < 4.78 is 87.8. The van der Waals surface area contributed by atoms with E-state index in [9.17, 15) is 45.2 Å². The maximum absolute atomic E-state index is 14.7. The number of rotatable bonds is 7. The summed E-state index contributed by atoms with van der Waals surface area (Å²) in [4.78, 5) is 63.4. The number of carbonyl (C=O) groups is 4. The monoisotopic (exact) mass is 858 g/mol. The number of hydrogen-bond donors (Lipinski definition) is 3. The van der Waals surface area contributed by atoms with E-state index < -0.39 is 86.3 Å². The van der Waals surface area contributed by atoms with E-state index in [0.29, 0.717) is 59.6 Å². The average Bonchev–Trinajstić information content (AvgIpc) is 3.99. The maximum Gasteiger partial charge on any atom is 0.416 e. The summed E-state index contributed by atoms with van der Waals surface area (Å²) in [5.74, 6) is -3.05. The molecule has 1 aromatic heterocycles. The first-order valence-electron chi connectivity index (χ1n) is 19.6. The Morgan fingerprint density at radius 1 is 1.02 bits per heavy atom. The normalized spacial score (nSPS) is 26.7. The highest BCUT2D eigenvalue weighted by atomic mass is 32.2. The Balaban J connectivity index is 1.05. The van der Waals surface area contributed by atoms with Crippen molar-refractivity contribution in [3.05, 3.63) is 82.5 Å². The molecule has 59 heavy (non-hydrogen) atoms. The number of thiazole rings is 1. The Hall–Kier alpha value is -5.04. The van der Waals surface area contributed by atoms with Gasteiger partial charge in [-0.15, -0.1) is 11.3 Å². The molecule has 2 aliphatic carbocycles. The van der Waals surface area contributed by atoms with Crippen molar-refractivity contribution in [1.29, 1.82) is 0 Å². The summed E-state index contributed by atoms with van der Waals surface area (Å²) in [6.07, 6.45) is 1.36. The van der Waals surface area contributed by atoms with Gasteiger partial charge in [0, 0.05) is 35.4 Å². The number of aromatic nitrogens is 1. The SMILES string of the molecule is O=C1N[C@]2(C(=O)NS(=O)(=O)C3CC3)CC2/C=C\CCCCC[C@H](Nc2nc(-c3ccc(C(F)(F)F)cc3)cs2)C(=O)N2C[C@H](OC(=O)N3Cc4cccc(F)c4C3)C[C@@H]12. The lowest BCUT2D eigenvalue weighted by molar-refractivity contribution is -0.140. The number of amides is 4. The number of sulfonamides is 1. The van der Waals surface area contributed by atoms with Crippen molar-refractivity contribution in [1.82, 2.24) is 24.8 Å². The van der Waals surface area contributed by atoms with Gasteiger partial charge in [0.15, 0.2) is 5.13 Å². The molecule has 1 unspecified atom stereocenters. The molecule has 3 fully saturated rings. The largest absolute Gasteiger partial charge is 0.444 e. The molecule has 3 aromatic rings. The summed E-state index contributed by atoms with van der Waals surface area (Å²) in [7, 11) is -3.95. The fraction of sp³-hybridized carbons (Fsp3) is 0.475. The number of hydrogen-bond acceptors (Lipinski definition) is 10. The molecular weight excluding hydrogens is 817 g/mol. The van der Waals surface area contributed by atoms with Gasteiger partial charge in [-0.3, -0.25) is 24.0 Å². The van der Waals surface area contributed by atoms with Crippen LogP contribution in [-0.4, -0.2) is 82.5 Å². The lowest BCUT2D eigenvalue weighted by Crippen LogP contribution is -2.57. The fourth-order valence-corrected chi connectivity index (χ4v) is 10.2. The van der Waals surface area contributed by atoms with Gasteiger partial charge in [0.05, 0.1) is 29.6 Å². The molecule has 1 saturated heterocycles. The molecule has 0 bridgehead atoms. The summed E-state index contributed by atoms with van der Waals surface area (Å²) in [6, 6.07) is 6.96. The van der Waals surface area contributed by atoms with Crippen molar-refractivity contribution in [2.75, 3.05) is 11.9 Å². The van der Waals surface area contributed by atoms with Crippen LogP contribution in [0.5, 0.6) is 0 Å². The van der Waals surface area contributed by atoms with E-state index in [1.165, 1.54) is 28.0 Å². The lowest BCUT2D eigenvalue weighted by Gasteiger charge is -2.29. The van der Waals surface area contributed by atoms with E-state index in [4.69, 9.17) is 4.74 Å². The number of nitrogens with zero attached hydrogens (tertiary/aromatic N) is 3. The predicted molar refractivity (Wildman–Crippen MR) is 207 cm³/mol. The first kappa shape index (κ1) is 40.7. The van der Waals surface area contributed by atoms with E-state index in [-0.39, 0.29) is 32.5 Å². The molecule has 19 heteroatoms. The van der Waals surface area contributed by atoms with Gasteiger partial charge in [0.2, 0.25) is 21.8 Å². The fourth-order valence-electron chi connectivity index (χ4n) is 8.03. The van der Waals surface area contributed by atoms with E-state index in [1.807, 2.05) is 12.2 Å². The molecule has 2 aromatic carbocycles. The highest BCUT2D eigenvalue weighted by molar-refractivity contribution is 7.91. The van der Waals surface area contributed by atoms with Gasteiger partial charge in [0.25, 0.3) is 5.91 Å². The van der Waals surface area contributed by atoms with Crippen LogP contribution in [0.15, 0.2) is 60.0 Å². The highest BCUT2D eigenvalue weighted by Gasteiger charge is 2.62. The van der Waals surface area contributed by atoms with Gasteiger partial charge in [0.1, 0.15) is 29.5 Å². The van der Waals surface area contributed by atoms with Crippen molar-refractivity contribution < 1.29 is 49.9 Å². The molecule has 4 amide bonds. The van der Waals surface area contributed by atoms with E-state index in [2.05, 4.69) is 20.3 Å². The smallest absolute Gasteiger partial charge is 0.416 e. The number of nitrogens with one attached hydrogen (secondary N) is 3. The average molecular weight is 859 g/mol. The van der Waals surface area contributed by atoms with Crippen LogP contribution in [0.25, 0.3) is 11.3 Å². The number of allylic oxidation sites excluding steroid dienone is 1. The minimum absolute atomic E-state index is 0.0231. The third-order valence-electron chi connectivity index (χ3n) is 11.6. The molecule has 4 heterocycles. The summed E-state index contributed by atoms with van der Waals surface area (Å²) in [5.41, 5.74) is -0.550. The molecular formula is C40H42F4N6O7S2. The third kappa shape index (κ3) is 8.67. The quantitative estimate of drug-likeness (QED) is 0.195. The zero-order valence-corrected chi connectivity index (χ0v) is 33.3. The number of ether oxygens (including phenoxy) is 1. The first-order valence-corrected chi connectivity index (χ1v) is 22.0. The summed E-state index contributed by atoms with van der Waals surface area (Å²) in [6.45, 7) is -0.107. The Morgan fingerprint density at radius 3 is 2.53 bits per heavy atom. The van der Waals surface area contributed by atoms with Crippen LogP contribution in [0.2, 0.25) is 0 Å². The Morgan fingerprint density at radius 2 is 1.80 bits per heavy atom. The highest BCUT2D eigenvalue weighted by Crippen LogP contribution is 2.46. The van der Waals surface area contributed by atoms with E-state index >= 15 is 0 Å². The van der Waals surface area contributed by atoms with Gasteiger partial charge in [-0.05, 0) is 62.3 Å². The van der Waals surface area contributed by atoms with Crippen LogP contribution >= 0.6 is 11.3 Å². The number of carbonyl (C=O) groups excluding carboxylic acids is 4. The molecule has 13 nitrogen and oxygen atoms in total. The minimum Gasteiger partial charge on any atom is -0.444 e. The van der Waals surface area contributed by atoms with Gasteiger partial charge < -0.3 is 20.3 Å². The van der Waals surface area contributed by atoms with Crippen molar-refractivity contribution >= 4 is 50.3 Å². The van der Waals surface area contributed by atoms with Crippen LogP contribution < -0.4 is 15.4 Å². The second kappa shape index (κ2) is 15.9. The molecule has 3 N–H and O–H groups in total. The van der Waals surface area contributed by atoms with Crippen LogP contribution in [0.4, 0.5) is 27.5 Å². The number of alkyl halides is 3. The Labute approximate surface area is 341 Å². The number of halogens is 4. The molecule has 314 valence electrons. The second-order valence-corrected chi connectivity index (χ2v) is 18.6. The van der Waals surface area contributed by atoms with Crippen LogP contribution in [0.3, 0.4) is 0 Å². The molecule has 8 rings (SSSR count). The molecule has 0 spiro atoms. The number of benzene rings is 2. The topological polar surface area (TPSA) is 167 Å². The molecule has 3 aliphatic heterocycles. The summed E-state index contributed by atoms with van der Waals surface area (Å²) >= 11 is 1.15. The van der Waals surface area contributed by atoms with E-state index in [0.717, 1.165) is 36.3 Å². The van der Waals surface area contributed by atoms with Gasteiger partial charge >= 0.3 is 12.3 Å². The first-order chi connectivity index (χ1) is 28.1. The standard InChI is InChI=1S/C40H42F4N6O7S2/c41-30-9-6-7-24-19-49(21-29(24)30)38(54)57-27-17-33-34(51)47-39(36(53)48-59(55,56)28-15-16-28)18-26(39)8-4-2-1-3-5-10-31(35(52)50(33)20-27)45-37-46-32(22-58-37)23-11-13-25(14-12-23)40(42,43)44/h4,6-9,11-14,22,26-28,31,33H,1-3,5,10,15-21H2,(H,45,46)(H,47,51)(H,48,53)/b8-4-/t26?,27-,31+,33+,39-/m1/s1. The van der Waals surface area contributed by atoms with Crippen LogP contribution in [-0.2, 0) is 48.4 Å². The zero-order chi connectivity index (χ0) is 41.7. The van der Waals surface area contributed by atoms with Crippen molar-refractivity contribution in [2.45, 2.75) is 106 Å². The van der Waals surface area contributed by atoms with Crippen molar-refractivity contribution in [2.24, 2.45) is 5.92 Å².